The molecule has 0 saturated carbocycles. The van der Waals surface area contributed by atoms with Crippen molar-refractivity contribution in [1.29, 1.82) is 0 Å². The third-order valence-electron chi connectivity index (χ3n) is 3.88. The average Bonchev–Trinajstić information content (AvgIpc) is 2.47. The van der Waals surface area contributed by atoms with Gasteiger partial charge in [-0.05, 0) is 61.1 Å². The summed E-state index contributed by atoms with van der Waals surface area (Å²) in [5, 5.41) is 0. The maximum Gasteiger partial charge on any atom is 0.0585 e. The van der Waals surface area contributed by atoms with Crippen LogP contribution in [0.4, 0.5) is 0 Å². The van der Waals surface area contributed by atoms with E-state index in [4.69, 9.17) is 0 Å². The van der Waals surface area contributed by atoms with Crippen LogP contribution in [0.1, 0.15) is 33.4 Å². The summed E-state index contributed by atoms with van der Waals surface area (Å²) < 4.78 is 0. The first-order valence-corrected chi connectivity index (χ1v) is 7.71. The van der Waals surface area contributed by atoms with Gasteiger partial charge >= 0.3 is 0 Å². The second-order valence-corrected chi connectivity index (χ2v) is 5.68. The van der Waals surface area contributed by atoms with E-state index >= 15 is 0 Å². The van der Waals surface area contributed by atoms with E-state index in [1.54, 1.807) is 0 Å². The first-order chi connectivity index (χ1) is 10.6. The molecule has 0 bridgehead atoms. The van der Waals surface area contributed by atoms with E-state index in [2.05, 4.69) is 74.1 Å². The minimum absolute atomic E-state index is 0.717. The van der Waals surface area contributed by atoms with Gasteiger partial charge in [-0.3, -0.25) is 9.98 Å². The molecule has 0 aromatic heterocycles. The SMILES string of the molecule is Cc1cccc(C)c1C=NCCN=Cc1c(C)cccc1C. The summed E-state index contributed by atoms with van der Waals surface area (Å²) in [6, 6.07) is 12.6. The molecular weight excluding hydrogens is 268 g/mol. The Morgan fingerprint density at radius 1 is 0.636 bits per heavy atom. The van der Waals surface area contributed by atoms with Crippen molar-refractivity contribution in [3.05, 3.63) is 69.8 Å². The van der Waals surface area contributed by atoms with E-state index < -0.39 is 0 Å². The second-order valence-electron chi connectivity index (χ2n) is 5.68. The third-order valence-corrected chi connectivity index (χ3v) is 3.88. The number of rotatable bonds is 5. The number of aryl methyl sites for hydroxylation is 4. The number of aliphatic imine (C=N–C) groups is 2. The van der Waals surface area contributed by atoms with Crippen molar-refractivity contribution in [1.82, 2.24) is 0 Å². The molecule has 0 amide bonds. The molecule has 0 atom stereocenters. The highest BCUT2D eigenvalue weighted by molar-refractivity contribution is 5.84. The van der Waals surface area contributed by atoms with E-state index in [0.29, 0.717) is 0 Å². The van der Waals surface area contributed by atoms with Crippen molar-refractivity contribution in [2.24, 2.45) is 9.98 Å². The van der Waals surface area contributed by atoms with Crippen LogP contribution in [-0.2, 0) is 0 Å². The monoisotopic (exact) mass is 292 g/mol. The predicted octanol–water partition coefficient (Wildman–Crippen LogP) is 4.46. The number of benzene rings is 2. The lowest BCUT2D eigenvalue weighted by molar-refractivity contribution is 0.984. The molecule has 0 aliphatic heterocycles. The Morgan fingerprint density at radius 2 is 0.955 bits per heavy atom. The van der Waals surface area contributed by atoms with Crippen LogP contribution in [-0.4, -0.2) is 25.5 Å². The summed E-state index contributed by atoms with van der Waals surface area (Å²) >= 11 is 0. The molecule has 114 valence electrons. The fourth-order valence-electron chi connectivity index (χ4n) is 2.49. The first kappa shape index (κ1) is 16.2. The van der Waals surface area contributed by atoms with Crippen molar-refractivity contribution in [3.8, 4) is 0 Å². The maximum atomic E-state index is 4.50. The van der Waals surface area contributed by atoms with Gasteiger partial charge in [0.15, 0.2) is 0 Å². The van der Waals surface area contributed by atoms with Gasteiger partial charge in [0.05, 0.1) is 13.1 Å². The molecule has 0 radical (unpaired) electrons. The largest absolute Gasteiger partial charge is 0.291 e. The second kappa shape index (κ2) is 7.69. The van der Waals surface area contributed by atoms with Crippen LogP contribution < -0.4 is 0 Å². The lowest BCUT2D eigenvalue weighted by Gasteiger charge is -2.04. The molecule has 2 aromatic carbocycles. The molecule has 0 spiro atoms. The molecule has 22 heavy (non-hydrogen) atoms. The van der Waals surface area contributed by atoms with Gasteiger partial charge in [0.25, 0.3) is 0 Å². The van der Waals surface area contributed by atoms with Gasteiger partial charge in [0.1, 0.15) is 0 Å². The van der Waals surface area contributed by atoms with Crippen molar-refractivity contribution >= 4 is 12.4 Å². The molecule has 2 rings (SSSR count). The summed E-state index contributed by atoms with van der Waals surface area (Å²) in [6.07, 6.45) is 3.94. The zero-order chi connectivity index (χ0) is 15.9. The highest BCUT2D eigenvalue weighted by atomic mass is 14.8. The van der Waals surface area contributed by atoms with Gasteiger partial charge in [-0.15, -0.1) is 0 Å². The van der Waals surface area contributed by atoms with Crippen LogP contribution in [0.25, 0.3) is 0 Å². The fourth-order valence-corrected chi connectivity index (χ4v) is 2.49. The molecule has 0 aliphatic carbocycles. The molecule has 0 aliphatic rings. The van der Waals surface area contributed by atoms with Crippen LogP contribution >= 0.6 is 0 Å². The summed E-state index contributed by atoms with van der Waals surface area (Å²) in [4.78, 5) is 9.00. The Bertz CT molecular complexity index is 595. The summed E-state index contributed by atoms with van der Waals surface area (Å²) in [5.74, 6) is 0. The van der Waals surface area contributed by atoms with Gasteiger partial charge in [0, 0.05) is 12.4 Å². The molecule has 0 saturated heterocycles. The van der Waals surface area contributed by atoms with Crippen LogP contribution in [0.2, 0.25) is 0 Å². The molecule has 0 unspecified atom stereocenters. The lowest BCUT2D eigenvalue weighted by Crippen LogP contribution is -1.96. The Balaban J connectivity index is 1.92. The van der Waals surface area contributed by atoms with Crippen LogP contribution in [0.15, 0.2) is 46.4 Å². The zero-order valence-electron chi connectivity index (χ0n) is 13.9. The smallest absolute Gasteiger partial charge is 0.0585 e. The van der Waals surface area contributed by atoms with E-state index in [1.807, 2.05) is 12.4 Å². The van der Waals surface area contributed by atoms with E-state index in [1.165, 1.54) is 33.4 Å². The summed E-state index contributed by atoms with van der Waals surface area (Å²) in [5.41, 5.74) is 7.51. The van der Waals surface area contributed by atoms with Gasteiger partial charge in [-0.2, -0.15) is 0 Å². The molecule has 0 fully saturated rings. The predicted molar refractivity (Wildman–Crippen MR) is 96.8 cm³/mol. The average molecular weight is 292 g/mol. The highest BCUT2D eigenvalue weighted by Crippen LogP contribution is 2.11. The molecule has 0 heterocycles. The van der Waals surface area contributed by atoms with Crippen LogP contribution in [0.3, 0.4) is 0 Å². The Hall–Kier alpha value is -2.22. The third kappa shape index (κ3) is 4.14. The van der Waals surface area contributed by atoms with E-state index in [9.17, 15) is 0 Å². The van der Waals surface area contributed by atoms with Crippen molar-refractivity contribution in [2.45, 2.75) is 27.7 Å². The highest BCUT2D eigenvalue weighted by Gasteiger charge is 1.98. The minimum Gasteiger partial charge on any atom is -0.291 e. The van der Waals surface area contributed by atoms with Gasteiger partial charge in [0.2, 0.25) is 0 Å². The van der Waals surface area contributed by atoms with Crippen LogP contribution in [0, 0.1) is 27.7 Å². The van der Waals surface area contributed by atoms with Crippen molar-refractivity contribution in [2.75, 3.05) is 13.1 Å². The van der Waals surface area contributed by atoms with Gasteiger partial charge < -0.3 is 0 Å². The number of hydrogen-bond donors (Lipinski definition) is 0. The molecule has 2 aromatic rings. The summed E-state index contributed by atoms with van der Waals surface area (Å²) in [7, 11) is 0. The fraction of sp³-hybridized carbons (Fsp3) is 0.300. The molecular formula is C20H24N2. The Kier molecular flexibility index (Phi) is 5.65. The van der Waals surface area contributed by atoms with Crippen LogP contribution in [0.5, 0.6) is 0 Å². The number of hydrogen-bond acceptors (Lipinski definition) is 2. The zero-order valence-corrected chi connectivity index (χ0v) is 13.9. The Morgan fingerprint density at radius 3 is 1.27 bits per heavy atom. The topological polar surface area (TPSA) is 24.7 Å². The standard InChI is InChI=1S/C20H24N2/c1-15-7-5-8-16(2)19(15)13-21-11-12-22-14-20-17(3)9-6-10-18(20)4/h5-10,13-14H,11-12H2,1-4H3. The molecule has 2 nitrogen and oxygen atoms in total. The molecule has 2 heteroatoms. The quantitative estimate of drug-likeness (QED) is 0.574. The number of nitrogens with zero attached hydrogens (tertiary/aromatic N) is 2. The van der Waals surface area contributed by atoms with E-state index in [-0.39, 0.29) is 0 Å². The summed E-state index contributed by atoms with van der Waals surface area (Å²) in [6.45, 7) is 9.91. The molecule has 0 N–H and O–H groups in total. The maximum absolute atomic E-state index is 4.50. The van der Waals surface area contributed by atoms with E-state index in [0.717, 1.165) is 13.1 Å². The van der Waals surface area contributed by atoms with Crippen molar-refractivity contribution < 1.29 is 0 Å². The first-order valence-electron chi connectivity index (χ1n) is 7.71. The van der Waals surface area contributed by atoms with Gasteiger partial charge in [-0.1, -0.05) is 36.4 Å². The van der Waals surface area contributed by atoms with Gasteiger partial charge in [-0.25, -0.2) is 0 Å². The Labute approximate surface area is 133 Å². The van der Waals surface area contributed by atoms with Crippen molar-refractivity contribution in [3.63, 3.8) is 0 Å². The lowest BCUT2D eigenvalue weighted by atomic mass is 10.0. The normalized spacial score (nSPS) is 11.6. The minimum atomic E-state index is 0.717.